The number of hydrogen-bond acceptors (Lipinski definition) is 3. The van der Waals surface area contributed by atoms with Crippen molar-refractivity contribution in [1.82, 2.24) is 14.8 Å². The van der Waals surface area contributed by atoms with E-state index < -0.39 is 0 Å². The molecule has 0 spiro atoms. The molecule has 1 rings (SSSR count). The second kappa shape index (κ2) is 13.8. The van der Waals surface area contributed by atoms with Crippen molar-refractivity contribution >= 4 is 20.2 Å². The van der Waals surface area contributed by atoms with E-state index in [1.807, 2.05) is 0 Å². The van der Waals surface area contributed by atoms with E-state index in [0.717, 1.165) is 52.4 Å². The van der Waals surface area contributed by atoms with Gasteiger partial charge in [0, 0.05) is 13.1 Å². The summed E-state index contributed by atoms with van der Waals surface area (Å²) in [7, 11) is 9.34. The van der Waals surface area contributed by atoms with Crippen LogP contribution in [0.25, 0.3) is 0 Å². The first-order chi connectivity index (χ1) is 10.1. The zero-order valence-electron chi connectivity index (χ0n) is 13.4. The standard InChI is InChI=1S/C15H27N3.2ClH.Cu/c1-5-17(6-2)12-14-10-9-11-15(16-14)13-18(7-3)8-4;;;/h9-11H,5-8,12-13H2,1-4H3;2*1H;/q;;;+2/p-2. The van der Waals surface area contributed by atoms with Crippen molar-refractivity contribution in [2.45, 2.75) is 40.8 Å². The summed E-state index contributed by atoms with van der Waals surface area (Å²) in [6.45, 7) is 15.0. The van der Waals surface area contributed by atoms with Crippen LogP contribution in [0.5, 0.6) is 0 Å². The van der Waals surface area contributed by atoms with Crippen LogP contribution < -0.4 is 0 Å². The molecule has 0 aromatic carbocycles. The van der Waals surface area contributed by atoms with E-state index in [9.17, 15) is 0 Å². The molecule has 1 heterocycles. The predicted molar refractivity (Wildman–Crippen MR) is 89.2 cm³/mol. The molecule has 0 amide bonds. The summed E-state index contributed by atoms with van der Waals surface area (Å²) in [5.74, 6) is 0. The van der Waals surface area contributed by atoms with Crippen molar-refractivity contribution < 1.29 is 13.1 Å². The zero-order valence-corrected chi connectivity index (χ0v) is 15.8. The molecule has 0 aliphatic carbocycles. The Morgan fingerprint density at radius 3 is 1.48 bits per heavy atom. The maximum absolute atomic E-state index is 4.76. The number of rotatable bonds is 8. The molecule has 3 nitrogen and oxygen atoms in total. The van der Waals surface area contributed by atoms with Crippen molar-refractivity contribution in [2.24, 2.45) is 0 Å². The quantitative estimate of drug-likeness (QED) is 0.629. The van der Waals surface area contributed by atoms with Gasteiger partial charge in [-0.25, -0.2) is 0 Å². The fourth-order valence-corrected chi connectivity index (χ4v) is 2.06. The summed E-state index contributed by atoms with van der Waals surface area (Å²) in [5.41, 5.74) is 2.37. The molecule has 0 fully saturated rings. The van der Waals surface area contributed by atoms with Crippen molar-refractivity contribution in [2.75, 3.05) is 26.2 Å². The van der Waals surface area contributed by atoms with Gasteiger partial charge in [0.1, 0.15) is 0 Å². The number of hydrogen-bond donors (Lipinski definition) is 0. The molecule has 0 aliphatic rings. The third-order valence-electron chi connectivity index (χ3n) is 3.42. The third kappa shape index (κ3) is 9.72. The molecule has 0 unspecified atom stereocenters. The first kappa shape index (κ1) is 21.2. The van der Waals surface area contributed by atoms with Gasteiger partial charge in [-0.15, -0.1) is 0 Å². The molecule has 1 aromatic rings. The van der Waals surface area contributed by atoms with E-state index in [0.29, 0.717) is 0 Å². The minimum absolute atomic E-state index is 0.757. The number of nitrogens with zero attached hydrogens (tertiary/aromatic N) is 3. The Morgan fingerprint density at radius 2 is 1.19 bits per heavy atom. The normalized spacial score (nSPS) is 10.9. The van der Waals surface area contributed by atoms with E-state index in [4.69, 9.17) is 4.98 Å². The monoisotopic (exact) mass is 382 g/mol. The Balaban J connectivity index is 0.00000122. The molecule has 1 aromatic heterocycles. The number of pyridine rings is 1. The van der Waals surface area contributed by atoms with Crippen molar-refractivity contribution in [3.05, 3.63) is 29.6 Å². The van der Waals surface area contributed by atoms with E-state index in [-0.39, 0.29) is 0 Å². The second-order valence-electron chi connectivity index (χ2n) is 4.59. The summed E-state index contributed by atoms with van der Waals surface area (Å²) >= 11 is 0.757. The van der Waals surface area contributed by atoms with Crippen LogP contribution in [-0.4, -0.2) is 41.0 Å². The molecule has 0 aliphatic heterocycles. The van der Waals surface area contributed by atoms with Crippen LogP contribution in [0, 0.1) is 0 Å². The van der Waals surface area contributed by atoms with Gasteiger partial charge in [-0.2, -0.15) is 0 Å². The molecule has 21 heavy (non-hydrogen) atoms. The van der Waals surface area contributed by atoms with Crippen LogP contribution in [-0.2, 0) is 26.2 Å². The Hall–Kier alpha value is 0.169. The van der Waals surface area contributed by atoms with Crippen LogP contribution in [0.15, 0.2) is 18.2 Å². The van der Waals surface area contributed by atoms with Crippen molar-refractivity contribution in [1.29, 1.82) is 0 Å². The van der Waals surface area contributed by atoms with E-state index in [2.05, 4.69) is 75.9 Å². The van der Waals surface area contributed by atoms with Crippen LogP contribution in [0.1, 0.15) is 39.1 Å². The van der Waals surface area contributed by atoms with Gasteiger partial charge >= 0.3 is 33.3 Å². The first-order valence-corrected chi connectivity index (χ1v) is 9.94. The third-order valence-corrected chi connectivity index (χ3v) is 3.42. The molecular formula is C15H27Cl2CuN3. The van der Waals surface area contributed by atoms with E-state index in [1.165, 1.54) is 11.4 Å². The maximum atomic E-state index is 4.76. The zero-order chi connectivity index (χ0) is 16.1. The summed E-state index contributed by atoms with van der Waals surface area (Å²) in [6.07, 6.45) is 0. The molecule has 6 heteroatoms. The summed E-state index contributed by atoms with van der Waals surface area (Å²) < 4.78 is 0. The first-order valence-electron chi connectivity index (χ1n) is 7.35. The average Bonchev–Trinajstić information content (AvgIpc) is 2.51. The fraction of sp³-hybridized carbons (Fsp3) is 0.667. The van der Waals surface area contributed by atoms with Gasteiger partial charge in [0.2, 0.25) is 0 Å². The van der Waals surface area contributed by atoms with E-state index >= 15 is 0 Å². The van der Waals surface area contributed by atoms with Crippen molar-refractivity contribution in [3.63, 3.8) is 0 Å². The molecule has 0 saturated carbocycles. The predicted octanol–water partition coefficient (Wildman–Crippen LogP) is 4.14. The molecule has 127 valence electrons. The molecule has 0 saturated heterocycles. The van der Waals surface area contributed by atoms with Crippen LogP contribution >= 0.6 is 20.2 Å². The molecule has 0 atom stereocenters. The van der Waals surface area contributed by atoms with Crippen LogP contribution in [0.2, 0.25) is 0 Å². The van der Waals surface area contributed by atoms with Gasteiger partial charge in [-0.05, 0) is 38.3 Å². The SMILES string of the molecule is CCN(CC)Cc1cccc(CN(CC)CC)n1.[Cl][Cu][Cl]. The average molecular weight is 384 g/mol. The van der Waals surface area contributed by atoms with Gasteiger partial charge in [-0.3, -0.25) is 14.8 Å². The van der Waals surface area contributed by atoms with Crippen molar-refractivity contribution in [3.8, 4) is 0 Å². The Morgan fingerprint density at radius 1 is 0.857 bits per heavy atom. The van der Waals surface area contributed by atoms with Crippen LogP contribution in [0.3, 0.4) is 0 Å². The summed E-state index contributed by atoms with van der Waals surface area (Å²) in [6, 6.07) is 6.39. The van der Waals surface area contributed by atoms with Crippen LogP contribution in [0.4, 0.5) is 0 Å². The van der Waals surface area contributed by atoms with Gasteiger partial charge < -0.3 is 0 Å². The summed E-state index contributed by atoms with van der Waals surface area (Å²) in [5, 5.41) is 0. The number of aromatic nitrogens is 1. The van der Waals surface area contributed by atoms with E-state index in [1.54, 1.807) is 0 Å². The topological polar surface area (TPSA) is 19.4 Å². The fourth-order valence-electron chi connectivity index (χ4n) is 2.06. The minimum atomic E-state index is 0.757. The Kier molecular flexibility index (Phi) is 13.9. The van der Waals surface area contributed by atoms with Gasteiger partial charge in [0.15, 0.2) is 0 Å². The van der Waals surface area contributed by atoms with Gasteiger partial charge in [0.05, 0.1) is 11.4 Å². The number of halogens is 2. The molecule has 0 N–H and O–H groups in total. The molecule has 0 radical (unpaired) electrons. The van der Waals surface area contributed by atoms with Gasteiger partial charge in [0.25, 0.3) is 0 Å². The molecule has 0 bridgehead atoms. The summed E-state index contributed by atoms with van der Waals surface area (Å²) in [4.78, 5) is 9.55. The second-order valence-corrected chi connectivity index (χ2v) is 6.14. The molecular weight excluding hydrogens is 357 g/mol. The van der Waals surface area contributed by atoms with Gasteiger partial charge in [-0.1, -0.05) is 33.8 Å². The Labute approximate surface area is 144 Å². The Bertz CT molecular complexity index is 329.